The van der Waals surface area contributed by atoms with E-state index in [1.165, 1.54) is 0 Å². The topological polar surface area (TPSA) is 109 Å². The maximum absolute atomic E-state index is 9.20. The fourth-order valence-electron chi connectivity index (χ4n) is 1.96. The number of nitrogen functional groups attached to an aromatic ring is 1. The van der Waals surface area contributed by atoms with Gasteiger partial charge in [0.15, 0.2) is 0 Å². The molecule has 8 nitrogen and oxygen atoms in total. The normalized spacial score (nSPS) is 17.0. The van der Waals surface area contributed by atoms with Crippen LogP contribution in [0.3, 0.4) is 0 Å². The molecule has 4 N–H and O–H groups in total. The Bertz CT molecular complexity index is 422. The second-order valence-corrected chi connectivity index (χ2v) is 4.83. The number of rotatable bonds is 6. The highest BCUT2D eigenvalue weighted by atomic mass is 16.5. The number of aromatic nitrogens is 3. The lowest BCUT2D eigenvalue weighted by molar-refractivity contribution is 0.122. The van der Waals surface area contributed by atoms with E-state index in [2.05, 4.69) is 20.3 Å². The molecule has 0 radical (unpaired) electrons. The van der Waals surface area contributed by atoms with Gasteiger partial charge in [0.1, 0.15) is 0 Å². The van der Waals surface area contributed by atoms with Crippen molar-refractivity contribution in [3.8, 4) is 0 Å². The van der Waals surface area contributed by atoms with Crippen LogP contribution in [-0.4, -0.2) is 59.0 Å². The molecule has 2 heterocycles. The van der Waals surface area contributed by atoms with Gasteiger partial charge in [0.25, 0.3) is 0 Å². The van der Waals surface area contributed by atoms with Gasteiger partial charge in [0, 0.05) is 19.6 Å². The predicted molar refractivity (Wildman–Crippen MR) is 76.7 cm³/mol. The molecule has 1 unspecified atom stereocenters. The van der Waals surface area contributed by atoms with Crippen LogP contribution in [0.25, 0.3) is 0 Å². The summed E-state index contributed by atoms with van der Waals surface area (Å²) in [5, 5.41) is 12.3. The predicted octanol–water partition coefficient (Wildman–Crippen LogP) is -0.137. The molecular formula is C12H22N6O2. The van der Waals surface area contributed by atoms with Gasteiger partial charge in [-0.3, -0.25) is 0 Å². The molecule has 0 aromatic carbocycles. The number of morpholine rings is 1. The molecule has 2 rings (SSSR count). The lowest BCUT2D eigenvalue weighted by Crippen LogP contribution is -2.37. The van der Waals surface area contributed by atoms with Gasteiger partial charge in [-0.05, 0) is 19.8 Å². The zero-order valence-electron chi connectivity index (χ0n) is 11.7. The van der Waals surface area contributed by atoms with Crippen LogP contribution in [0.5, 0.6) is 0 Å². The van der Waals surface area contributed by atoms with E-state index >= 15 is 0 Å². The highest BCUT2D eigenvalue weighted by Crippen LogP contribution is 2.13. The van der Waals surface area contributed by atoms with Crippen molar-refractivity contribution >= 4 is 17.8 Å². The first-order valence-electron chi connectivity index (χ1n) is 6.91. The summed E-state index contributed by atoms with van der Waals surface area (Å²) in [6, 6.07) is 0. The van der Waals surface area contributed by atoms with E-state index in [0.29, 0.717) is 31.7 Å². The quantitative estimate of drug-likeness (QED) is 0.619. The first-order valence-corrected chi connectivity index (χ1v) is 6.91. The molecule has 1 aliphatic heterocycles. The Kier molecular flexibility index (Phi) is 5.31. The van der Waals surface area contributed by atoms with Crippen molar-refractivity contribution in [2.24, 2.45) is 0 Å². The molecule has 8 heteroatoms. The third kappa shape index (κ3) is 4.46. The highest BCUT2D eigenvalue weighted by Gasteiger charge is 2.15. The van der Waals surface area contributed by atoms with Crippen LogP contribution >= 0.6 is 0 Å². The van der Waals surface area contributed by atoms with Gasteiger partial charge < -0.3 is 25.8 Å². The Labute approximate surface area is 118 Å². The number of hydrogen-bond donors (Lipinski definition) is 3. The van der Waals surface area contributed by atoms with E-state index in [9.17, 15) is 5.11 Å². The number of aliphatic hydroxyl groups excluding tert-OH is 1. The van der Waals surface area contributed by atoms with Crippen LogP contribution in [0.15, 0.2) is 0 Å². The summed E-state index contributed by atoms with van der Waals surface area (Å²) in [5.74, 6) is 1.27. The molecule has 112 valence electrons. The van der Waals surface area contributed by atoms with Crippen molar-refractivity contribution in [3.05, 3.63) is 0 Å². The number of aliphatic hydroxyl groups is 1. The first kappa shape index (κ1) is 14.7. The molecule has 1 aromatic heterocycles. The van der Waals surface area contributed by atoms with Gasteiger partial charge in [-0.15, -0.1) is 0 Å². The van der Waals surface area contributed by atoms with Crippen molar-refractivity contribution in [2.75, 3.05) is 48.8 Å². The highest BCUT2D eigenvalue weighted by molar-refractivity contribution is 5.42. The standard InChI is InChI=1S/C12H22N6O2/c1-9(19)3-2-4-14-11-15-10(13)16-12(17-11)18-5-7-20-8-6-18/h9,19H,2-8H2,1H3,(H3,13,14,15,16,17). The molecule has 0 bridgehead atoms. The minimum atomic E-state index is -0.288. The van der Waals surface area contributed by atoms with Gasteiger partial charge in [0.05, 0.1) is 19.3 Å². The number of hydrogen-bond acceptors (Lipinski definition) is 8. The SMILES string of the molecule is CC(O)CCCNc1nc(N)nc(N2CCOCC2)n1. The summed E-state index contributed by atoms with van der Waals surface area (Å²) < 4.78 is 5.30. The van der Waals surface area contributed by atoms with E-state index in [1.54, 1.807) is 6.92 Å². The number of nitrogens with zero attached hydrogens (tertiary/aromatic N) is 4. The van der Waals surface area contributed by atoms with E-state index in [1.807, 2.05) is 4.90 Å². The average molecular weight is 282 g/mol. The van der Waals surface area contributed by atoms with Gasteiger partial charge in [-0.2, -0.15) is 15.0 Å². The smallest absolute Gasteiger partial charge is 0.232 e. The summed E-state index contributed by atoms with van der Waals surface area (Å²) >= 11 is 0. The van der Waals surface area contributed by atoms with Crippen LogP contribution in [0.4, 0.5) is 17.8 Å². The number of anilines is 3. The molecule has 1 aromatic rings. The van der Waals surface area contributed by atoms with Crippen molar-refractivity contribution in [2.45, 2.75) is 25.9 Å². The lowest BCUT2D eigenvalue weighted by atomic mass is 10.2. The lowest BCUT2D eigenvalue weighted by Gasteiger charge is -2.26. The maximum Gasteiger partial charge on any atom is 0.232 e. The zero-order chi connectivity index (χ0) is 14.4. The average Bonchev–Trinajstić information content (AvgIpc) is 2.44. The van der Waals surface area contributed by atoms with Crippen molar-refractivity contribution < 1.29 is 9.84 Å². The zero-order valence-corrected chi connectivity index (χ0v) is 11.7. The molecule has 1 fully saturated rings. The van der Waals surface area contributed by atoms with E-state index in [-0.39, 0.29) is 12.1 Å². The number of ether oxygens (including phenoxy) is 1. The molecular weight excluding hydrogens is 260 g/mol. The third-order valence-electron chi connectivity index (χ3n) is 3.02. The Morgan fingerprint density at radius 3 is 2.80 bits per heavy atom. The molecule has 0 spiro atoms. The van der Waals surface area contributed by atoms with Crippen LogP contribution in [-0.2, 0) is 4.74 Å². The van der Waals surface area contributed by atoms with Crippen molar-refractivity contribution in [1.29, 1.82) is 0 Å². The molecule has 0 saturated carbocycles. The fraction of sp³-hybridized carbons (Fsp3) is 0.750. The Morgan fingerprint density at radius 1 is 1.35 bits per heavy atom. The van der Waals surface area contributed by atoms with Gasteiger partial charge in [-0.25, -0.2) is 0 Å². The Morgan fingerprint density at radius 2 is 2.10 bits per heavy atom. The largest absolute Gasteiger partial charge is 0.393 e. The second-order valence-electron chi connectivity index (χ2n) is 4.83. The van der Waals surface area contributed by atoms with Crippen LogP contribution in [0.2, 0.25) is 0 Å². The van der Waals surface area contributed by atoms with E-state index in [4.69, 9.17) is 10.5 Å². The van der Waals surface area contributed by atoms with E-state index in [0.717, 1.165) is 25.9 Å². The van der Waals surface area contributed by atoms with Crippen LogP contribution in [0.1, 0.15) is 19.8 Å². The fourth-order valence-corrected chi connectivity index (χ4v) is 1.96. The second kappa shape index (κ2) is 7.20. The van der Waals surface area contributed by atoms with E-state index < -0.39 is 0 Å². The molecule has 20 heavy (non-hydrogen) atoms. The summed E-state index contributed by atoms with van der Waals surface area (Å²) in [6.07, 6.45) is 1.30. The summed E-state index contributed by atoms with van der Waals surface area (Å²) in [6.45, 7) is 5.32. The molecule has 1 atom stereocenters. The van der Waals surface area contributed by atoms with Crippen molar-refractivity contribution in [1.82, 2.24) is 15.0 Å². The first-order chi connectivity index (χ1) is 9.65. The summed E-state index contributed by atoms with van der Waals surface area (Å²) in [5.41, 5.74) is 5.72. The molecule has 0 amide bonds. The Hall–Kier alpha value is -1.67. The van der Waals surface area contributed by atoms with Crippen LogP contribution < -0.4 is 16.0 Å². The maximum atomic E-state index is 9.20. The summed E-state index contributed by atoms with van der Waals surface area (Å²) in [4.78, 5) is 14.6. The molecule has 1 aliphatic rings. The van der Waals surface area contributed by atoms with Crippen molar-refractivity contribution in [3.63, 3.8) is 0 Å². The minimum Gasteiger partial charge on any atom is -0.393 e. The third-order valence-corrected chi connectivity index (χ3v) is 3.02. The van der Waals surface area contributed by atoms with Gasteiger partial charge in [-0.1, -0.05) is 0 Å². The van der Waals surface area contributed by atoms with Gasteiger partial charge >= 0.3 is 0 Å². The Balaban J connectivity index is 1.93. The number of nitrogens with two attached hydrogens (primary N) is 1. The number of nitrogens with one attached hydrogen (secondary N) is 1. The molecule has 0 aliphatic carbocycles. The minimum absolute atomic E-state index is 0.208. The summed E-state index contributed by atoms with van der Waals surface area (Å²) in [7, 11) is 0. The monoisotopic (exact) mass is 282 g/mol. The van der Waals surface area contributed by atoms with Gasteiger partial charge in [0.2, 0.25) is 17.8 Å². The molecule has 1 saturated heterocycles. The van der Waals surface area contributed by atoms with Crippen LogP contribution in [0, 0.1) is 0 Å².